The summed E-state index contributed by atoms with van der Waals surface area (Å²) >= 11 is 0. The Labute approximate surface area is 151 Å². The molecule has 7 nitrogen and oxygen atoms in total. The van der Waals surface area contributed by atoms with E-state index >= 15 is 0 Å². The van der Waals surface area contributed by atoms with E-state index in [4.69, 9.17) is 0 Å². The van der Waals surface area contributed by atoms with Gasteiger partial charge < -0.3 is 15.7 Å². The lowest BCUT2D eigenvalue weighted by Gasteiger charge is -2.10. The molecule has 0 spiro atoms. The first-order valence-electron chi connectivity index (χ1n) is 8.65. The van der Waals surface area contributed by atoms with Gasteiger partial charge in [0, 0.05) is 36.6 Å². The summed E-state index contributed by atoms with van der Waals surface area (Å²) < 4.78 is 1.99. The highest BCUT2D eigenvalue weighted by Crippen LogP contribution is 2.39. The molecule has 7 heteroatoms. The Hall–Kier alpha value is -3.09. The summed E-state index contributed by atoms with van der Waals surface area (Å²) in [6, 6.07) is 6.38. The minimum atomic E-state index is -0.389. The number of rotatable bonds is 8. The number of hydrogen-bond acceptors (Lipinski definition) is 4. The van der Waals surface area contributed by atoms with Gasteiger partial charge >= 0.3 is 0 Å². The van der Waals surface area contributed by atoms with Gasteiger partial charge in [-0.05, 0) is 49.6 Å². The Morgan fingerprint density at radius 3 is 2.88 bits per heavy atom. The van der Waals surface area contributed by atoms with Crippen LogP contribution in [0.5, 0.6) is 5.75 Å². The number of nitrogens with one attached hydrogen (secondary N) is 2. The molecule has 2 amide bonds. The van der Waals surface area contributed by atoms with Crippen molar-refractivity contribution in [2.24, 2.45) is 0 Å². The van der Waals surface area contributed by atoms with Gasteiger partial charge in [-0.2, -0.15) is 5.10 Å². The SMILES string of the molecule is C=CC(=O)Nc1ccc(O)c(C(=O)NCCCn2nccc2C2CC2)c1. The number of aromatic nitrogens is 2. The fourth-order valence-electron chi connectivity index (χ4n) is 2.77. The average Bonchev–Trinajstić information content (AvgIpc) is 3.38. The highest BCUT2D eigenvalue weighted by molar-refractivity contribution is 6.01. The molecule has 3 N–H and O–H groups in total. The van der Waals surface area contributed by atoms with Crippen molar-refractivity contribution in [3.63, 3.8) is 0 Å². The molecule has 26 heavy (non-hydrogen) atoms. The van der Waals surface area contributed by atoms with Gasteiger partial charge in [-0.1, -0.05) is 6.58 Å². The molecule has 0 radical (unpaired) electrons. The highest BCUT2D eigenvalue weighted by atomic mass is 16.3. The van der Waals surface area contributed by atoms with Crippen LogP contribution in [0, 0.1) is 0 Å². The van der Waals surface area contributed by atoms with Crippen LogP contribution in [0.25, 0.3) is 0 Å². The van der Waals surface area contributed by atoms with E-state index in [0.717, 1.165) is 19.0 Å². The standard InChI is InChI=1S/C19H22N4O3/c1-2-18(25)22-14-6-7-17(24)15(12-14)19(26)20-9-3-11-23-16(8-10-21-23)13-4-5-13/h2,6-8,10,12-13,24H,1,3-5,9,11H2,(H,20,26)(H,22,25). The van der Waals surface area contributed by atoms with Crippen molar-refractivity contribution >= 4 is 17.5 Å². The Morgan fingerprint density at radius 2 is 2.15 bits per heavy atom. The van der Waals surface area contributed by atoms with Gasteiger partial charge in [0.1, 0.15) is 5.75 Å². The van der Waals surface area contributed by atoms with Crippen LogP contribution in [0.3, 0.4) is 0 Å². The van der Waals surface area contributed by atoms with E-state index in [1.165, 1.54) is 36.7 Å². The number of carbonyl (C=O) groups excluding carboxylic acids is 2. The van der Waals surface area contributed by atoms with Gasteiger partial charge in [0.05, 0.1) is 5.56 Å². The number of phenols is 1. The summed E-state index contributed by atoms with van der Waals surface area (Å²) in [6.45, 7) is 4.58. The summed E-state index contributed by atoms with van der Waals surface area (Å²) in [7, 11) is 0. The smallest absolute Gasteiger partial charge is 0.255 e. The van der Waals surface area contributed by atoms with Gasteiger partial charge in [-0.3, -0.25) is 14.3 Å². The zero-order valence-corrected chi connectivity index (χ0v) is 14.4. The number of aryl methyl sites for hydroxylation is 1. The number of hydrogen-bond donors (Lipinski definition) is 3. The minimum absolute atomic E-state index is 0.115. The van der Waals surface area contributed by atoms with Crippen LogP contribution < -0.4 is 10.6 Å². The molecule has 1 aliphatic rings. The molecule has 1 fully saturated rings. The number of amides is 2. The molecule has 0 unspecified atom stereocenters. The van der Waals surface area contributed by atoms with Crippen LogP contribution in [0.1, 0.15) is 41.2 Å². The number of benzene rings is 1. The highest BCUT2D eigenvalue weighted by Gasteiger charge is 2.26. The van der Waals surface area contributed by atoms with Crippen LogP contribution in [-0.4, -0.2) is 33.2 Å². The molecule has 136 valence electrons. The molecule has 1 aromatic carbocycles. The van der Waals surface area contributed by atoms with Gasteiger partial charge in [0.25, 0.3) is 5.91 Å². The van der Waals surface area contributed by atoms with E-state index < -0.39 is 0 Å². The first-order valence-corrected chi connectivity index (χ1v) is 8.65. The molecule has 1 saturated carbocycles. The zero-order chi connectivity index (χ0) is 18.5. The second-order valence-electron chi connectivity index (χ2n) is 6.29. The lowest BCUT2D eigenvalue weighted by atomic mass is 10.1. The zero-order valence-electron chi connectivity index (χ0n) is 14.4. The molecule has 0 atom stereocenters. The van der Waals surface area contributed by atoms with Crippen LogP contribution in [-0.2, 0) is 11.3 Å². The fraction of sp³-hybridized carbons (Fsp3) is 0.316. The topological polar surface area (TPSA) is 96.3 Å². The molecule has 0 aliphatic heterocycles. The third kappa shape index (κ3) is 4.30. The van der Waals surface area contributed by atoms with Gasteiger partial charge in [-0.25, -0.2) is 0 Å². The van der Waals surface area contributed by atoms with Crippen molar-refractivity contribution in [3.05, 3.63) is 54.4 Å². The Morgan fingerprint density at radius 1 is 1.35 bits per heavy atom. The molecule has 1 heterocycles. The van der Waals surface area contributed by atoms with E-state index in [1.54, 1.807) is 0 Å². The first-order chi connectivity index (χ1) is 12.6. The number of anilines is 1. The van der Waals surface area contributed by atoms with Gasteiger partial charge in [-0.15, -0.1) is 0 Å². The summed E-state index contributed by atoms with van der Waals surface area (Å²) in [6.07, 6.45) is 6.13. The van der Waals surface area contributed by atoms with E-state index in [1.807, 2.05) is 10.9 Å². The van der Waals surface area contributed by atoms with Crippen molar-refractivity contribution in [2.75, 3.05) is 11.9 Å². The monoisotopic (exact) mass is 354 g/mol. The van der Waals surface area contributed by atoms with Crippen molar-refractivity contribution in [2.45, 2.75) is 31.7 Å². The molecule has 1 aromatic heterocycles. The number of nitrogens with zero attached hydrogens (tertiary/aromatic N) is 2. The third-order valence-electron chi connectivity index (χ3n) is 4.27. The van der Waals surface area contributed by atoms with Crippen LogP contribution in [0.2, 0.25) is 0 Å². The van der Waals surface area contributed by atoms with E-state index in [-0.39, 0.29) is 23.1 Å². The van der Waals surface area contributed by atoms with Crippen LogP contribution in [0.4, 0.5) is 5.69 Å². The molecule has 0 bridgehead atoms. The lowest BCUT2D eigenvalue weighted by Crippen LogP contribution is -2.25. The van der Waals surface area contributed by atoms with E-state index in [9.17, 15) is 14.7 Å². The lowest BCUT2D eigenvalue weighted by molar-refractivity contribution is -0.111. The maximum Gasteiger partial charge on any atom is 0.255 e. The summed E-state index contributed by atoms with van der Waals surface area (Å²) in [4.78, 5) is 23.6. The van der Waals surface area contributed by atoms with Crippen LogP contribution >= 0.6 is 0 Å². The van der Waals surface area contributed by atoms with E-state index in [2.05, 4.69) is 28.4 Å². The predicted octanol–water partition coefficient (Wildman–Crippen LogP) is 2.41. The first kappa shape index (κ1) is 17.7. The normalized spacial score (nSPS) is 13.2. The van der Waals surface area contributed by atoms with Crippen LogP contribution in [0.15, 0.2) is 43.1 Å². The van der Waals surface area contributed by atoms with Gasteiger partial charge in [0.15, 0.2) is 0 Å². The fourth-order valence-corrected chi connectivity index (χ4v) is 2.77. The second kappa shape index (κ2) is 7.86. The molecule has 3 rings (SSSR count). The maximum atomic E-state index is 12.3. The van der Waals surface area contributed by atoms with E-state index in [0.29, 0.717) is 18.2 Å². The predicted molar refractivity (Wildman–Crippen MR) is 98.1 cm³/mol. The number of aromatic hydroxyl groups is 1. The average molecular weight is 354 g/mol. The summed E-state index contributed by atoms with van der Waals surface area (Å²) in [5, 5.41) is 19.6. The largest absolute Gasteiger partial charge is 0.507 e. The van der Waals surface area contributed by atoms with Crippen molar-refractivity contribution in [3.8, 4) is 5.75 Å². The Bertz CT molecular complexity index is 824. The molecular weight excluding hydrogens is 332 g/mol. The van der Waals surface area contributed by atoms with Crippen molar-refractivity contribution in [1.82, 2.24) is 15.1 Å². The minimum Gasteiger partial charge on any atom is -0.507 e. The molecule has 0 saturated heterocycles. The summed E-state index contributed by atoms with van der Waals surface area (Å²) in [5.41, 5.74) is 1.80. The van der Waals surface area contributed by atoms with Crippen molar-refractivity contribution in [1.29, 1.82) is 0 Å². The van der Waals surface area contributed by atoms with Gasteiger partial charge in [0.2, 0.25) is 5.91 Å². The van der Waals surface area contributed by atoms with Crippen molar-refractivity contribution < 1.29 is 14.7 Å². The quantitative estimate of drug-likeness (QED) is 0.385. The molecular formula is C19H22N4O3. The number of phenolic OH excluding ortho intramolecular Hbond substituents is 1. The maximum absolute atomic E-state index is 12.3. The Kier molecular flexibility index (Phi) is 5.36. The Balaban J connectivity index is 1.52. The number of carbonyl (C=O) groups is 2. The third-order valence-corrected chi connectivity index (χ3v) is 4.27. The second-order valence-corrected chi connectivity index (χ2v) is 6.29. The molecule has 1 aliphatic carbocycles. The molecule has 2 aromatic rings. The summed E-state index contributed by atoms with van der Waals surface area (Å²) in [5.74, 6) is -0.271.